The van der Waals surface area contributed by atoms with Crippen LogP contribution in [0.15, 0.2) is 30.0 Å². The van der Waals surface area contributed by atoms with Crippen LogP contribution < -0.4 is 16.0 Å². The molecule has 0 aliphatic heterocycles. The van der Waals surface area contributed by atoms with E-state index in [1.165, 1.54) is 0 Å². The molecule has 1 atom stereocenters. The zero-order valence-corrected chi connectivity index (χ0v) is 21.8. The average Bonchev–Trinajstić information content (AvgIpc) is 3.11. The van der Waals surface area contributed by atoms with E-state index in [-0.39, 0.29) is 18.2 Å². The van der Waals surface area contributed by atoms with Crippen molar-refractivity contribution in [3.63, 3.8) is 0 Å². The summed E-state index contributed by atoms with van der Waals surface area (Å²) >= 11 is 11.9. The van der Waals surface area contributed by atoms with Gasteiger partial charge in [-0.2, -0.15) is 0 Å². The number of carbonyl (C=O) groups is 2. The number of nitrogens with one attached hydrogen (secondary N) is 1. The fourth-order valence-electron chi connectivity index (χ4n) is 3.66. The standard InChI is InChI=1S/C24H35Cl2N5O3/c1-5-34-24(33)20(14-16(2)3)29-23(32)18(27)7-9-22-28-19-15-17(6-8-21(19)30(22)4)31(12-10-25)13-11-26/h6-8,15-16,20H,5,9-14,27H2,1-4H3,(H,29,32)/b18-7+/t20-/m1/s1. The Balaban J connectivity index is 2.16. The van der Waals surface area contributed by atoms with E-state index in [4.69, 9.17) is 38.7 Å². The largest absolute Gasteiger partial charge is 0.464 e. The first kappa shape index (κ1) is 27.8. The normalized spacial score (nSPS) is 12.7. The van der Waals surface area contributed by atoms with E-state index in [9.17, 15) is 9.59 Å². The quantitative estimate of drug-likeness (QED) is 0.243. The number of nitrogens with zero attached hydrogens (tertiary/aromatic N) is 3. The van der Waals surface area contributed by atoms with Crippen LogP contribution in [-0.2, 0) is 27.8 Å². The summed E-state index contributed by atoms with van der Waals surface area (Å²) in [6, 6.07) is 5.30. The molecule has 1 aromatic heterocycles. The van der Waals surface area contributed by atoms with E-state index in [1.54, 1.807) is 13.0 Å². The van der Waals surface area contributed by atoms with Gasteiger partial charge < -0.3 is 25.3 Å². The Morgan fingerprint density at radius 2 is 1.94 bits per heavy atom. The molecule has 1 heterocycles. The predicted molar refractivity (Wildman–Crippen MR) is 138 cm³/mol. The number of anilines is 1. The van der Waals surface area contributed by atoms with Gasteiger partial charge in [0, 0.05) is 44.0 Å². The molecule has 0 unspecified atom stereocenters. The third-order valence-electron chi connectivity index (χ3n) is 5.38. The molecule has 0 bridgehead atoms. The molecule has 8 nitrogen and oxygen atoms in total. The van der Waals surface area contributed by atoms with Crippen LogP contribution in [0.2, 0.25) is 0 Å². The van der Waals surface area contributed by atoms with Crippen LogP contribution in [-0.4, -0.2) is 58.9 Å². The predicted octanol–water partition coefficient (Wildman–Crippen LogP) is 3.34. The summed E-state index contributed by atoms with van der Waals surface area (Å²) in [5.74, 6) is 1.01. The Kier molecular flexibility index (Phi) is 11.0. The number of ether oxygens (including phenoxy) is 1. The summed E-state index contributed by atoms with van der Waals surface area (Å²) in [5.41, 5.74) is 8.85. The number of imidazole rings is 1. The zero-order chi connectivity index (χ0) is 25.3. The molecule has 0 radical (unpaired) electrons. The van der Waals surface area contributed by atoms with Gasteiger partial charge in [0.1, 0.15) is 11.9 Å². The molecule has 1 aromatic carbocycles. The van der Waals surface area contributed by atoms with Crippen LogP contribution in [0.1, 0.15) is 33.0 Å². The van der Waals surface area contributed by atoms with Crippen molar-refractivity contribution in [3.8, 4) is 0 Å². The summed E-state index contributed by atoms with van der Waals surface area (Å²) in [4.78, 5) is 31.6. The highest BCUT2D eigenvalue weighted by molar-refractivity contribution is 6.18. The topological polar surface area (TPSA) is 102 Å². The number of allylic oxidation sites excluding steroid dienone is 1. The number of benzene rings is 1. The summed E-state index contributed by atoms with van der Waals surface area (Å²) in [6.07, 6.45) is 2.44. The number of rotatable bonds is 13. The fourth-order valence-corrected chi connectivity index (χ4v) is 4.06. The summed E-state index contributed by atoms with van der Waals surface area (Å²) in [7, 11) is 1.92. The first-order valence-electron chi connectivity index (χ1n) is 11.5. The number of halogens is 2. The summed E-state index contributed by atoms with van der Waals surface area (Å²) < 4.78 is 7.04. The molecule has 0 aliphatic carbocycles. The number of nitrogens with two attached hydrogens (primary N) is 1. The highest BCUT2D eigenvalue weighted by Crippen LogP contribution is 2.23. The van der Waals surface area contributed by atoms with E-state index in [0.29, 0.717) is 37.7 Å². The lowest BCUT2D eigenvalue weighted by molar-refractivity contribution is -0.147. The number of fused-ring (bicyclic) bond motifs is 1. The second kappa shape index (κ2) is 13.4. The molecule has 3 N–H and O–H groups in total. The van der Waals surface area contributed by atoms with Crippen LogP contribution in [0, 0.1) is 5.92 Å². The minimum absolute atomic E-state index is 0.0289. The Bertz CT molecular complexity index is 1000. The van der Waals surface area contributed by atoms with Crippen LogP contribution in [0.3, 0.4) is 0 Å². The second-order valence-electron chi connectivity index (χ2n) is 8.40. The summed E-state index contributed by atoms with van der Waals surface area (Å²) in [6.45, 7) is 7.31. The Hall–Kier alpha value is -2.45. The minimum atomic E-state index is -0.738. The molecular formula is C24H35Cl2N5O3. The maximum atomic E-state index is 12.6. The van der Waals surface area contributed by atoms with Gasteiger partial charge in [0.15, 0.2) is 0 Å². The molecule has 188 valence electrons. The van der Waals surface area contributed by atoms with Crippen molar-refractivity contribution in [2.24, 2.45) is 18.7 Å². The Labute approximate surface area is 211 Å². The molecule has 0 aliphatic rings. The van der Waals surface area contributed by atoms with Crippen LogP contribution in [0.4, 0.5) is 5.69 Å². The van der Waals surface area contributed by atoms with Gasteiger partial charge in [0.05, 0.1) is 23.3 Å². The smallest absolute Gasteiger partial charge is 0.328 e. The van der Waals surface area contributed by atoms with Gasteiger partial charge in [0.2, 0.25) is 0 Å². The van der Waals surface area contributed by atoms with E-state index < -0.39 is 17.9 Å². The first-order chi connectivity index (χ1) is 16.2. The Morgan fingerprint density at radius 1 is 1.26 bits per heavy atom. The molecular weight excluding hydrogens is 477 g/mol. The third-order valence-corrected chi connectivity index (χ3v) is 5.72. The highest BCUT2D eigenvalue weighted by atomic mass is 35.5. The lowest BCUT2D eigenvalue weighted by Gasteiger charge is -2.22. The maximum Gasteiger partial charge on any atom is 0.328 e. The van der Waals surface area contributed by atoms with Crippen molar-refractivity contribution < 1.29 is 14.3 Å². The van der Waals surface area contributed by atoms with Crippen LogP contribution >= 0.6 is 23.2 Å². The monoisotopic (exact) mass is 511 g/mol. The fraction of sp³-hybridized carbons (Fsp3) is 0.542. The Morgan fingerprint density at radius 3 is 2.53 bits per heavy atom. The van der Waals surface area contributed by atoms with Gasteiger partial charge in [-0.1, -0.05) is 13.8 Å². The molecule has 0 spiro atoms. The van der Waals surface area contributed by atoms with Gasteiger partial charge in [-0.25, -0.2) is 9.78 Å². The number of esters is 1. The van der Waals surface area contributed by atoms with Crippen molar-refractivity contribution in [2.75, 3.05) is 36.4 Å². The van der Waals surface area contributed by atoms with E-state index in [1.807, 2.05) is 43.7 Å². The molecule has 0 saturated carbocycles. The van der Waals surface area contributed by atoms with Crippen molar-refractivity contribution in [3.05, 3.63) is 35.8 Å². The number of amides is 1. The minimum Gasteiger partial charge on any atom is -0.464 e. The molecule has 10 heteroatoms. The van der Waals surface area contributed by atoms with Crippen LogP contribution in [0.5, 0.6) is 0 Å². The second-order valence-corrected chi connectivity index (χ2v) is 9.15. The third kappa shape index (κ3) is 7.53. The molecule has 1 amide bonds. The maximum absolute atomic E-state index is 12.6. The number of alkyl halides is 2. The molecule has 2 aromatic rings. The van der Waals surface area contributed by atoms with Crippen LogP contribution in [0.25, 0.3) is 11.0 Å². The SMILES string of the molecule is CCOC(=O)[C@@H](CC(C)C)NC(=O)/C(N)=C\Cc1nc2cc(N(CCCl)CCCl)ccc2n1C. The molecule has 0 saturated heterocycles. The average molecular weight is 512 g/mol. The highest BCUT2D eigenvalue weighted by Gasteiger charge is 2.24. The van der Waals surface area contributed by atoms with Crippen molar-refractivity contribution >= 4 is 51.8 Å². The first-order valence-corrected chi connectivity index (χ1v) is 12.5. The number of carbonyl (C=O) groups excluding carboxylic acids is 2. The molecule has 2 rings (SSSR count). The van der Waals surface area contributed by atoms with E-state index in [2.05, 4.69) is 10.2 Å². The van der Waals surface area contributed by atoms with Crippen molar-refractivity contribution in [2.45, 2.75) is 39.7 Å². The number of hydrogen-bond donors (Lipinski definition) is 2. The lowest BCUT2D eigenvalue weighted by Crippen LogP contribution is -2.44. The van der Waals surface area contributed by atoms with Gasteiger partial charge in [-0.3, -0.25) is 4.79 Å². The van der Waals surface area contributed by atoms with Crippen molar-refractivity contribution in [1.29, 1.82) is 0 Å². The summed E-state index contributed by atoms with van der Waals surface area (Å²) in [5, 5.41) is 2.69. The van der Waals surface area contributed by atoms with Gasteiger partial charge in [-0.15, -0.1) is 23.2 Å². The lowest BCUT2D eigenvalue weighted by atomic mass is 10.0. The number of hydrogen-bond acceptors (Lipinski definition) is 6. The van der Waals surface area contributed by atoms with Gasteiger partial charge >= 0.3 is 5.97 Å². The van der Waals surface area contributed by atoms with Gasteiger partial charge in [0.25, 0.3) is 5.91 Å². The molecule has 34 heavy (non-hydrogen) atoms. The molecule has 0 fully saturated rings. The van der Waals surface area contributed by atoms with E-state index >= 15 is 0 Å². The van der Waals surface area contributed by atoms with Gasteiger partial charge in [-0.05, 0) is 43.5 Å². The number of aromatic nitrogens is 2. The number of aryl methyl sites for hydroxylation is 1. The zero-order valence-electron chi connectivity index (χ0n) is 20.3. The van der Waals surface area contributed by atoms with Crippen molar-refractivity contribution in [1.82, 2.24) is 14.9 Å². The van der Waals surface area contributed by atoms with E-state index in [0.717, 1.165) is 22.5 Å².